The van der Waals surface area contributed by atoms with Crippen LogP contribution in [0.1, 0.15) is 5.69 Å². The van der Waals surface area contributed by atoms with Crippen LogP contribution in [0.2, 0.25) is 0 Å². The standard InChI is InChI=1S/C14H15N3O/c1-10-9-12(7-8-16-10)11-3-5-13(6-4-11)17-14(18)15-2/h3-9H,1-2H3,(H2,15,17,18). The van der Waals surface area contributed by atoms with Crippen molar-refractivity contribution in [2.24, 2.45) is 0 Å². The zero-order chi connectivity index (χ0) is 13.0. The van der Waals surface area contributed by atoms with Gasteiger partial charge >= 0.3 is 6.03 Å². The van der Waals surface area contributed by atoms with E-state index in [1.807, 2.05) is 43.3 Å². The van der Waals surface area contributed by atoms with E-state index in [1.54, 1.807) is 13.2 Å². The van der Waals surface area contributed by atoms with E-state index >= 15 is 0 Å². The Labute approximate surface area is 106 Å². The van der Waals surface area contributed by atoms with Gasteiger partial charge in [0.1, 0.15) is 0 Å². The fourth-order valence-electron chi connectivity index (χ4n) is 1.66. The number of carbonyl (C=O) groups is 1. The van der Waals surface area contributed by atoms with Gasteiger partial charge in [0.15, 0.2) is 0 Å². The van der Waals surface area contributed by atoms with Crippen LogP contribution in [0.3, 0.4) is 0 Å². The first-order valence-corrected chi connectivity index (χ1v) is 5.71. The number of nitrogens with zero attached hydrogens (tertiary/aromatic N) is 1. The Hall–Kier alpha value is -2.36. The molecule has 0 spiro atoms. The highest BCUT2D eigenvalue weighted by molar-refractivity contribution is 5.89. The molecule has 0 saturated heterocycles. The summed E-state index contributed by atoms with van der Waals surface area (Å²) in [5.41, 5.74) is 3.97. The Bertz CT molecular complexity index is 549. The van der Waals surface area contributed by atoms with E-state index in [-0.39, 0.29) is 6.03 Å². The number of anilines is 1. The van der Waals surface area contributed by atoms with Crippen molar-refractivity contribution in [2.75, 3.05) is 12.4 Å². The number of hydrogen-bond donors (Lipinski definition) is 2. The lowest BCUT2D eigenvalue weighted by Crippen LogP contribution is -2.24. The normalized spacial score (nSPS) is 9.89. The zero-order valence-corrected chi connectivity index (χ0v) is 10.4. The lowest BCUT2D eigenvalue weighted by Gasteiger charge is -2.06. The summed E-state index contributed by atoms with van der Waals surface area (Å²) in [4.78, 5) is 15.3. The van der Waals surface area contributed by atoms with Crippen molar-refractivity contribution >= 4 is 11.7 Å². The Kier molecular flexibility index (Phi) is 3.57. The van der Waals surface area contributed by atoms with Gasteiger partial charge in [0.2, 0.25) is 0 Å². The lowest BCUT2D eigenvalue weighted by atomic mass is 10.1. The van der Waals surface area contributed by atoms with Crippen LogP contribution in [0.5, 0.6) is 0 Å². The van der Waals surface area contributed by atoms with E-state index in [4.69, 9.17) is 0 Å². The monoisotopic (exact) mass is 241 g/mol. The lowest BCUT2D eigenvalue weighted by molar-refractivity contribution is 0.254. The largest absolute Gasteiger partial charge is 0.341 e. The maximum atomic E-state index is 11.2. The molecule has 1 heterocycles. The first kappa shape index (κ1) is 12.1. The molecule has 4 heteroatoms. The first-order chi connectivity index (χ1) is 8.69. The number of urea groups is 1. The summed E-state index contributed by atoms with van der Waals surface area (Å²) in [6, 6.07) is 11.5. The molecule has 0 unspecified atom stereocenters. The third-order valence-corrected chi connectivity index (χ3v) is 2.60. The van der Waals surface area contributed by atoms with Crippen molar-refractivity contribution in [1.82, 2.24) is 10.3 Å². The van der Waals surface area contributed by atoms with Gasteiger partial charge in [-0.25, -0.2) is 4.79 Å². The molecule has 0 saturated carbocycles. The third kappa shape index (κ3) is 2.85. The van der Waals surface area contributed by atoms with Gasteiger partial charge in [0.05, 0.1) is 0 Å². The molecule has 0 aliphatic rings. The molecule has 0 aliphatic carbocycles. The average molecular weight is 241 g/mol. The van der Waals surface area contributed by atoms with Crippen LogP contribution in [-0.2, 0) is 0 Å². The predicted octanol–water partition coefficient (Wildman–Crippen LogP) is 2.81. The molecule has 18 heavy (non-hydrogen) atoms. The minimum Gasteiger partial charge on any atom is -0.341 e. The van der Waals surface area contributed by atoms with Gasteiger partial charge in [0.25, 0.3) is 0 Å². The van der Waals surface area contributed by atoms with Crippen LogP contribution in [0.25, 0.3) is 11.1 Å². The Balaban J connectivity index is 2.19. The first-order valence-electron chi connectivity index (χ1n) is 5.71. The second kappa shape index (κ2) is 5.31. The van der Waals surface area contributed by atoms with Gasteiger partial charge in [-0.2, -0.15) is 0 Å². The molecule has 0 radical (unpaired) electrons. The maximum absolute atomic E-state index is 11.2. The molecule has 0 bridgehead atoms. The van der Waals surface area contributed by atoms with Gasteiger partial charge < -0.3 is 10.6 Å². The Morgan fingerprint density at radius 3 is 2.44 bits per heavy atom. The summed E-state index contributed by atoms with van der Waals surface area (Å²) in [6.45, 7) is 1.96. The topological polar surface area (TPSA) is 54.0 Å². The molecular weight excluding hydrogens is 226 g/mol. The van der Waals surface area contributed by atoms with E-state index in [1.165, 1.54) is 0 Å². The Morgan fingerprint density at radius 1 is 1.11 bits per heavy atom. The molecule has 1 aromatic carbocycles. The molecule has 2 N–H and O–H groups in total. The van der Waals surface area contributed by atoms with Crippen LogP contribution in [0.15, 0.2) is 42.6 Å². The summed E-state index contributed by atoms with van der Waals surface area (Å²) >= 11 is 0. The van der Waals surface area contributed by atoms with Crippen LogP contribution in [0, 0.1) is 6.92 Å². The molecule has 1 aromatic heterocycles. The molecule has 92 valence electrons. The molecular formula is C14H15N3O. The van der Waals surface area contributed by atoms with E-state index in [0.717, 1.165) is 22.5 Å². The summed E-state index contributed by atoms with van der Waals surface area (Å²) < 4.78 is 0. The van der Waals surface area contributed by atoms with Crippen LogP contribution < -0.4 is 10.6 Å². The maximum Gasteiger partial charge on any atom is 0.318 e. The smallest absolute Gasteiger partial charge is 0.318 e. The second-order valence-electron chi connectivity index (χ2n) is 3.97. The molecule has 0 atom stereocenters. The van der Waals surface area contributed by atoms with E-state index in [2.05, 4.69) is 15.6 Å². The number of aromatic nitrogens is 1. The summed E-state index contributed by atoms with van der Waals surface area (Å²) in [6.07, 6.45) is 1.79. The van der Waals surface area contributed by atoms with Crippen LogP contribution in [0.4, 0.5) is 10.5 Å². The Morgan fingerprint density at radius 2 is 1.83 bits per heavy atom. The SMILES string of the molecule is CNC(=O)Nc1ccc(-c2ccnc(C)c2)cc1. The second-order valence-corrected chi connectivity index (χ2v) is 3.97. The van der Waals surface area contributed by atoms with Gasteiger partial charge in [-0.15, -0.1) is 0 Å². The number of benzene rings is 1. The van der Waals surface area contributed by atoms with Crippen molar-refractivity contribution in [3.8, 4) is 11.1 Å². The summed E-state index contributed by atoms with van der Waals surface area (Å²) in [5, 5.41) is 5.23. The summed E-state index contributed by atoms with van der Waals surface area (Å²) in [5.74, 6) is 0. The number of carbonyl (C=O) groups excluding carboxylic acids is 1. The highest BCUT2D eigenvalue weighted by Crippen LogP contribution is 2.21. The number of aryl methyl sites for hydroxylation is 1. The fourth-order valence-corrected chi connectivity index (χ4v) is 1.66. The molecule has 0 aliphatic heterocycles. The molecule has 2 rings (SSSR count). The third-order valence-electron chi connectivity index (χ3n) is 2.60. The highest BCUT2D eigenvalue weighted by atomic mass is 16.2. The van der Waals surface area contributed by atoms with Crippen molar-refractivity contribution in [3.63, 3.8) is 0 Å². The predicted molar refractivity (Wildman–Crippen MR) is 72.5 cm³/mol. The van der Waals surface area contributed by atoms with E-state index < -0.39 is 0 Å². The quantitative estimate of drug-likeness (QED) is 0.849. The fraction of sp³-hybridized carbons (Fsp3) is 0.143. The van der Waals surface area contributed by atoms with Crippen molar-refractivity contribution in [2.45, 2.75) is 6.92 Å². The molecule has 0 fully saturated rings. The summed E-state index contributed by atoms with van der Waals surface area (Å²) in [7, 11) is 1.59. The van der Waals surface area contributed by atoms with Crippen molar-refractivity contribution < 1.29 is 4.79 Å². The average Bonchev–Trinajstić information content (AvgIpc) is 2.39. The van der Waals surface area contributed by atoms with E-state index in [9.17, 15) is 4.79 Å². The van der Waals surface area contributed by atoms with Gasteiger partial charge in [-0.1, -0.05) is 12.1 Å². The van der Waals surface area contributed by atoms with E-state index in [0.29, 0.717) is 0 Å². The number of hydrogen-bond acceptors (Lipinski definition) is 2. The number of amides is 2. The van der Waals surface area contributed by atoms with Gasteiger partial charge in [0, 0.05) is 24.6 Å². The minimum atomic E-state index is -0.220. The number of rotatable bonds is 2. The molecule has 2 aromatic rings. The van der Waals surface area contributed by atoms with Crippen molar-refractivity contribution in [3.05, 3.63) is 48.3 Å². The zero-order valence-electron chi connectivity index (χ0n) is 10.4. The van der Waals surface area contributed by atoms with Gasteiger partial charge in [-0.3, -0.25) is 4.98 Å². The van der Waals surface area contributed by atoms with Crippen LogP contribution in [-0.4, -0.2) is 18.1 Å². The number of nitrogens with one attached hydrogen (secondary N) is 2. The van der Waals surface area contributed by atoms with Gasteiger partial charge in [-0.05, 0) is 42.3 Å². The van der Waals surface area contributed by atoms with Crippen LogP contribution >= 0.6 is 0 Å². The molecule has 2 amide bonds. The number of pyridine rings is 1. The van der Waals surface area contributed by atoms with Crippen molar-refractivity contribution in [1.29, 1.82) is 0 Å². The minimum absolute atomic E-state index is 0.220. The highest BCUT2D eigenvalue weighted by Gasteiger charge is 2.01. The molecule has 4 nitrogen and oxygen atoms in total.